The smallest absolute Gasteiger partial charge is 0.287 e. The molecule has 0 fully saturated rings. The lowest BCUT2D eigenvalue weighted by Crippen LogP contribution is -2.26. The second-order valence-corrected chi connectivity index (χ2v) is 6.53. The molecule has 1 N–H and O–H groups in total. The van der Waals surface area contributed by atoms with Crippen molar-refractivity contribution in [3.63, 3.8) is 0 Å². The van der Waals surface area contributed by atoms with Gasteiger partial charge in [0.25, 0.3) is 5.91 Å². The second-order valence-electron chi connectivity index (χ2n) is 4.51. The summed E-state index contributed by atoms with van der Waals surface area (Å²) in [5.41, 5.74) is 0.817. The number of carbonyl (C=O) groups excluding carboxylic acids is 1. The van der Waals surface area contributed by atoms with Crippen LogP contribution in [0.2, 0.25) is 0 Å². The molecule has 0 saturated heterocycles. The third-order valence-electron chi connectivity index (χ3n) is 2.90. The Morgan fingerprint density at radius 2 is 1.85 bits per heavy atom. The summed E-state index contributed by atoms with van der Waals surface area (Å²) in [7, 11) is -3.21. The van der Waals surface area contributed by atoms with E-state index in [9.17, 15) is 13.2 Å². The molecular weight excluding hydrogens is 278 g/mol. The van der Waals surface area contributed by atoms with E-state index in [1.165, 1.54) is 18.4 Å². The number of hydrogen-bond acceptors (Lipinski definition) is 4. The van der Waals surface area contributed by atoms with Crippen LogP contribution < -0.4 is 5.32 Å². The zero-order valence-electron chi connectivity index (χ0n) is 11.2. The molecule has 0 radical (unpaired) electrons. The zero-order chi connectivity index (χ0) is 14.8. The molecule has 0 spiro atoms. The minimum Gasteiger partial charge on any atom is -0.459 e. The predicted octanol–water partition coefficient (Wildman–Crippen LogP) is 2.17. The lowest BCUT2D eigenvalue weighted by molar-refractivity contribution is 0.0912. The van der Waals surface area contributed by atoms with Crippen LogP contribution in [-0.4, -0.2) is 20.6 Å². The SMILES string of the molecule is C[C@H](NC(=O)c1ccco1)c1ccc(S(C)(=O)=O)cc1. The van der Waals surface area contributed by atoms with Gasteiger partial charge in [-0.05, 0) is 36.8 Å². The van der Waals surface area contributed by atoms with Gasteiger partial charge in [-0.2, -0.15) is 0 Å². The minimum absolute atomic E-state index is 0.240. The molecule has 0 aliphatic rings. The van der Waals surface area contributed by atoms with Gasteiger partial charge < -0.3 is 9.73 Å². The van der Waals surface area contributed by atoms with Gasteiger partial charge in [-0.3, -0.25) is 4.79 Å². The van der Waals surface area contributed by atoms with Crippen LogP contribution in [0.25, 0.3) is 0 Å². The molecule has 20 heavy (non-hydrogen) atoms. The maximum Gasteiger partial charge on any atom is 0.287 e. The fraction of sp³-hybridized carbons (Fsp3) is 0.214. The van der Waals surface area contributed by atoms with Gasteiger partial charge in [-0.1, -0.05) is 12.1 Å². The largest absolute Gasteiger partial charge is 0.459 e. The van der Waals surface area contributed by atoms with Crippen LogP contribution in [0.5, 0.6) is 0 Å². The van der Waals surface area contributed by atoms with E-state index in [4.69, 9.17) is 4.42 Å². The van der Waals surface area contributed by atoms with E-state index >= 15 is 0 Å². The molecule has 1 aromatic carbocycles. The highest BCUT2D eigenvalue weighted by Gasteiger charge is 2.14. The molecule has 0 aliphatic carbocycles. The number of carbonyl (C=O) groups is 1. The van der Waals surface area contributed by atoms with Crippen molar-refractivity contribution in [3.8, 4) is 0 Å². The van der Waals surface area contributed by atoms with Crippen molar-refractivity contribution in [3.05, 3.63) is 54.0 Å². The molecule has 1 amide bonds. The summed E-state index contributed by atoms with van der Waals surface area (Å²) in [6.07, 6.45) is 2.59. The van der Waals surface area contributed by atoms with Gasteiger partial charge in [0, 0.05) is 6.26 Å². The summed E-state index contributed by atoms with van der Waals surface area (Å²) in [6.45, 7) is 1.82. The number of benzene rings is 1. The van der Waals surface area contributed by atoms with Crippen LogP contribution in [0.1, 0.15) is 29.1 Å². The fourth-order valence-electron chi connectivity index (χ4n) is 1.76. The molecule has 106 valence electrons. The van der Waals surface area contributed by atoms with Gasteiger partial charge in [-0.15, -0.1) is 0 Å². The topological polar surface area (TPSA) is 76.4 Å². The lowest BCUT2D eigenvalue weighted by atomic mass is 10.1. The van der Waals surface area contributed by atoms with Gasteiger partial charge in [-0.25, -0.2) is 8.42 Å². The Morgan fingerprint density at radius 3 is 2.35 bits per heavy atom. The molecule has 0 aliphatic heterocycles. The van der Waals surface area contributed by atoms with Gasteiger partial charge in [0.2, 0.25) is 0 Å². The lowest BCUT2D eigenvalue weighted by Gasteiger charge is -2.13. The molecule has 1 aromatic heterocycles. The van der Waals surface area contributed by atoms with Crippen molar-refractivity contribution < 1.29 is 17.6 Å². The number of amides is 1. The minimum atomic E-state index is -3.21. The molecule has 1 atom stereocenters. The Morgan fingerprint density at radius 1 is 1.20 bits per heavy atom. The fourth-order valence-corrected chi connectivity index (χ4v) is 2.39. The molecule has 1 heterocycles. The first-order valence-corrected chi connectivity index (χ1v) is 7.91. The Bertz CT molecular complexity index is 687. The first-order chi connectivity index (χ1) is 9.38. The van der Waals surface area contributed by atoms with Gasteiger partial charge in [0.15, 0.2) is 15.6 Å². The first-order valence-electron chi connectivity index (χ1n) is 6.02. The zero-order valence-corrected chi connectivity index (χ0v) is 12.0. The van der Waals surface area contributed by atoms with E-state index in [0.29, 0.717) is 0 Å². The predicted molar refractivity (Wildman–Crippen MR) is 74.1 cm³/mol. The van der Waals surface area contributed by atoms with Crippen molar-refractivity contribution in [2.45, 2.75) is 17.9 Å². The standard InChI is InChI=1S/C14H15NO4S/c1-10(15-14(16)13-4-3-9-19-13)11-5-7-12(8-6-11)20(2,17)18/h3-10H,1-2H3,(H,15,16)/t10-/m0/s1. The number of sulfone groups is 1. The third-order valence-corrected chi connectivity index (χ3v) is 4.03. The van der Waals surface area contributed by atoms with Crippen molar-refractivity contribution in [1.29, 1.82) is 0 Å². The van der Waals surface area contributed by atoms with Crippen LogP contribution in [0.3, 0.4) is 0 Å². The van der Waals surface area contributed by atoms with Crippen LogP contribution in [0.4, 0.5) is 0 Å². The number of hydrogen-bond donors (Lipinski definition) is 1. The molecule has 0 saturated carbocycles. The van der Waals surface area contributed by atoms with Crippen molar-refractivity contribution >= 4 is 15.7 Å². The van der Waals surface area contributed by atoms with E-state index in [2.05, 4.69) is 5.32 Å². The number of nitrogens with one attached hydrogen (secondary N) is 1. The van der Waals surface area contributed by atoms with E-state index in [-0.39, 0.29) is 22.6 Å². The van der Waals surface area contributed by atoms with E-state index in [0.717, 1.165) is 11.8 Å². The summed E-state index contributed by atoms with van der Waals surface area (Å²) in [4.78, 5) is 12.1. The maximum atomic E-state index is 11.8. The summed E-state index contributed by atoms with van der Waals surface area (Å²) in [6, 6.07) is 9.39. The quantitative estimate of drug-likeness (QED) is 0.937. The summed E-state index contributed by atoms with van der Waals surface area (Å²) in [5.74, 6) is -0.0701. The normalized spacial score (nSPS) is 12.9. The van der Waals surface area contributed by atoms with E-state index < -0.39 is 9.84 Å². The van der Waals surface area contributed by atoms with Gasteiger partial charge >= 0.3 is 0 Å². The molecule has 0 unspecified atom stereocenters. The molecule has 0 bridgehead atoms. The Kier molecular flexibility index (Phi) is 3.94. The Hall–Kier alpha value is -2.08. The van der Waals surface area contributed by atoms with E-state index in [1.54, 1.807) is 24.3 Å². The number of rotatable bonds is 4. The average Bonchev–Trinajstić information content (AvgIpc) is 2.91. The molecule has 5 nitrogen and oxygen atoms in total. The van der Waals surface area contributed by atoms with E-state index in [1.807, 2.05) is 6.92 Å². The van der Waals surface area contributed by atoms with Crippen LogP contribution in [0.15, 0.2) is 52.0 Å². The highest BCUT2D eigenvalue weighted by Crippen LogP contribution is 2.16. The monoisotopic (exact) mass is 293 g/mol. The van der Waals surface area contributed by atoms with Crippen LogP contribution >= 0.6 is 0 Å². The average molecular weight is 293 g/mol. The highest BCUT2D eigenvalue weighted by molar-refractivity contribution is 7.90. The summed E-state index contributed by atoms with van der Waals surface area (Å²) in [5, 5.41) is 2.77. The van der Waals surface area contributed by atoms with Crippen LogP contribution in [-0.2, 0) is 9.84 Å². The van der Waals surface area contributed by atoms with Gasteiger partial charge in [0.05, 0.1) is 17.2 Å². The summed E-state index contributed by atoms with van der Waals surface area (Å²) < 4.78 is 27.7. The second kappa shape index (κ2) is 5.50. The number of furan rings is 1. The first kappa shape index (κ1) is 14.3. The third kappa shape index (κ3) is 3.27. The molecular formula is C14H15NO4S. The highest BCUT2D eigenvalue weighted by atomic mass is 32.2. The summed E-state index contributed by atoms with van der Waals surface area (Å²) >= 11 is 0. The maximum absolute atomic E-state index is 11.8. The van der Waals surface area contributed by atoms with Crippen molar-refractivity contribution in [2.24, 2.45) is 0 Å². The Labute approximate surface area is 117 Å². The van der Waals surface area contributed by atoms with Crippen molar-refractivity contribution in [1.82, 2.24) is 5.32 Å². The van der Waals surface area contributed by atoms with Crippen LogP contribution in [0, 0.1) is 0 Å². The molecule has 2 aromatic rings. The molecule has 2 rings (SSSR count). The van der Waals surface area contributed by atoms with Crippen molar-refractivity contribution in [2.75, 3.05) is 6.26 Å². The van der Waals surface area contributed by atoms with Gasteiger partial charge in [0.1, 0.15) is 0 Å². The Balaban J connectivity index is 2.10. The molecule has 6 heteroatoms.